The molecule has 4 aliphatic carbocycles. The molecule has 2 heterocycles. The van der Waals surface area contributed by atoms with Crippen LogP contribution in [0.3, 0.4) is 0 Å². The first kappa shape index (κ1) is 29.3. The molecule has 2 N–H and O–H groups in total. The molecule has 7 heteroatoms. The molecule has 0 spiro atoms. The Kier molecular flexibility index (Phi) is 8.14. The van der Waals surface area contributed by atoms with Gasteiger partial charge in [0.1, 0.15) is 6.04 Å². The Morgan fingerprint density at radius 2 is 1.63 bits per heavy atom. The molecule has 0 aromatic heterocycles. The van der Waals surface area contributed by atoms with Crippen LogP contribution in [0, 0.1) is 34.5 Å². The summed E-state index contributed by atoms with van der Waals surface area (Å²) in [5, 5.41) is 21.3. The van der Waals surface area contributed by atoms with Crippen molar-refractivity contribution in [3.63, 3.8) is 0 Å². The van der Waals surface area contributed by atoms with Crippen molar-refractivity contribution >= 4 is 5.97 Å². The Morgan fingerprint density at radius 3 is 2.29 bits per heavy atom. The Hall–Kier alpha value is -0.210. The summed E-state index contributed by atoms with van der Waals surface area (Å²) in [6.07, 6.45) is 12.1. The highest BCUT2D eigenvalue weighted by Gasteiger charge is 2.67. The lowest BCUT2D eigenvalue weighted by Crippen LogP contribution is -3.00. The summed E-state index contributed by atoms with van der Waals surface area (Å²) in [5.74, 6) is 2.55. The molecule has 0 radical (unpaired) electrons. The molecule has 6 fully saturated rings. The number of halogens is 1. The van der Waals surface area contributed by atoms with Gasteiger partial charge in [0, 0.05) is 50.7 Å². The monoisotopic (exact) mass is 596 g/mol. The van der Waals surface area contributed by atoms with E-state index in [1.54, 1.807) is 6.92 Å². The third kappa shape index (κ3) is 4.62. The van der Waals surface area contributed by atoms with Crippen LogP contribution in [0.1, 0.15) is 91.4 Å². The number of carbonyl (C=O) groups excluding carboxylic acids is 1. The second-order valence-electron chi connectivity index (χ2n) is 15.0. The van der Waals surface area contributed by atoms with Gasteiger partial charge in [-0.1, -0.05) is 13.8 Å². The average molecular weight is 598 g/mol. The number of aliphatic hydroxyl groups excluding tert-OH is 2. The molecule has 2 aliphatic heterocycles. The van der Waals surface area contributed by atoms with Crippen molar-refractivity contribution in [1.82, 2.24) is 4.90 Å². The minimum absolute atomic E-state index is 0. The quantitative estimate of drug-likeness (QED) is 0.375. The minimum atomic E-state index is -0.234. The number of likely N-dealkylation sites (N-methyl/N-ethyl adjacent to an activating group) is 1. The third-order valence-corrected chi connectivity index (χ3v) is 13.3. The first-order chi connectivity index (χ1) is 17.5. The number of quaternary nitrogens is 1. The molecule has 4 saturated carbocycles. The molecule has 0 amide bonds. The van der Waals surface area contributed by atoms with Crippen molar-refractivity contribution in [1.29, 1.82) is 0 Å². The molecule has 6 rings (SSSR count). The Bertz CT molecular complexity index is 874. The minimum Gasteiger partial charge on any atom is -1.00 e. The number of nitrogens with zero attached hydrogens (tertiary/aromatic N) is 2. The van der Waals surface area contributed by atoms with Crippen molar-refractivity contribution in [2.45, 2.75) is 122 Å². The highest BCUT2D eigenvalue weighted by molar-refractivity contribution is 5.66. The summed E-state index contributed by atoms with van der Waals surface area (Å²) in [5.41, 5.74) is 0.354. The van der Waals surface area contributed by atoms with Gasteiger partial charge in [0.05, 0.1) is 32.3 Å². The number of hydrogen-bond donors (Lipinski definition) is 2. The smallest absolute Gasteiger partial charge is 0.303 e. The summed E-state index contributed by atoms with van der Waals surface area (Å²) in [4.78, 5) is 14.9. The number of esters is 1. The number of piperidine rings is 1. The lowest BCUT2D eigenvalue weighted by molar-refractivity contribution is -0.924. The van der Waals surface area contributed by atoms with E-state index in [0.29, 0.717) is 29.7 Å². The first-order valence-corrected chi connectivity index (χ1v) is 15.7. The largest absolute Gasteiger partial charge is 1.00 e. The summed E-state index contributed by atoms with van der Waals surface area (Å²) in [6.45, 7) is 11.0. The van der Waals surface area contributed by atoms with Crippen LogP contribution in [0.2, 0.25) is 0 Å². The summed E-state index contributed by atoms with van der Waals surface area (Å²) < 4.78 is 7.38. The number of likely N-dealkylation sites (tertiary alicyclic amines) is 2. The summed E-state index contributed by atoms with van der Waals surface area (Å²) in [7, 11) is 2.44. The fourth-order valence-corrected chi connectivity index (χ4v) is 11.2. The fraction of sp³-hybridized carbons (Fsp3) is 0.968. The predicted molar refractivity (Wildman–Crippen MR) is 144 cm³/mol. The third-order valence-electron chi connectivity index (χ3n) is 13.3. The molecule has 218 valence electrons. The molecule has 38 heavy (non-hydrogen) atoms. The molecular weight excluding hydrogens is 544 g/mol. The zero-order valence-electron chi connectivity index (χ0n) is 24.3. The lowest BCUT2D eigenvalue weighted by Gasteiger charge is -2.62. The van der Waals surface area contributed by atoms with Crippen LogP contribution < -0.4 is 17.0 Å². The standard InChI is InChI=1S/C31H53N2O4.BrH/c1-20(34)37-29-27(33(4)15-5-6-16-33)18-25-23-8-7-21-17-28(36)26(32-13-10-22(35)11-14-32)19-31(21,3)24(23)9-12-30(25,29)2;/h21-29,35-36H,5-19H2,1-4H3;1H/q+1;/p-1/t21-,23?,24?,25?,26-,27-,28-,29-,30-,31-;/m0./s1. The van der Waals surface area contributed by atoms with Gasteiger partial charge in [0.25, 0.3) is 0 Å². The van der Waals surface area contributed by atoms with E-state index in [9.17, 15) is 15.0 Å². The van der Waals surface area contributed by atoms with Crippen molar-refractivity contribution in [2.24, 2.45) is 34.5 Å². The van der Waals surface area contributed by atoms with Crippen molar-refractivity contribution in [3.05, 3.63) is 0 Å². The normalized spacial score (nSPS) is 48.9. The molecule has 2 saturated heterocycles. The Labute approximate surface area is 241 Å². The highest BCUT2D eigenvalue weighted by atomic mass is 79.9. The van der Waals surface area contributed by atoms with Gasteiger partial charge in [-0.2, -0.15) is 0 Å². The molecule has 6 nitrogen and oxygen atoms in total. The predicted octanol–water partition coefficient (Wildman–Crippen LogP) is 0.980. The summed E-state index contributed by atoms with van der Waals surface area (Å²) >= 11 is 0. The highest BCUT2D eigenvalue weighted by Crippen LogP contribution is 2.67. The molecule has 10 atom stereocenters. The second kappa shape index (κ2) is 10.6. The zero-order valence-corrected chi connectivity index (χ0v) is 25.9. The Morgan fingerprint density at radius 1 is 0.947 bits per heavy atom. The van der Waals surface area contributed by atoms with Crippen LogP contribution in [0.5, 0.6) is 0 Å². The van der Waals surface area contributed by atoms with Crippen molar-refractivity contribution < 1.29 is 41.2 Å². The van der Waals surface area contributed by atoms with Gasteiger partial charge in [0.15, 0.2) is 6.10 Å². The average Bonchev–Trinajstić information content (AvgIpc) is 3.42. The number of carbonyl (C=O) groups is 1. The molecular formula is C31H53BrN2O4. The molecule has 3 unspecified atom stereocenters. The van der Waals surface area contributed by atoms with Crippen LogP contribution in [-0.2, 0) is 9.53 Å². The zero-order chi connectivity index (χ0) is 26.2. The molecule has 6 aliphatic rings. The van der Waals surface area contributed by atoms with Crippen LogP contribution in [0.15, 0.2) is 0 Å². The van der Waals surface area contributed by atoms with E-state index in [-0.39, 0.29) is 58.1 Å². The van der Waals surface area contributed by atoms with Gasteiger partial charge in [0.2, 0.25) is 0 Å². The number of aliphatic hydroxyl groups is 2. The van der Waals surface area contributed by atoms with E-state index in [1.165, 1.54) is 58.0 Å². The van der Waals surface area contributed by atoms with Gasteiger partial charge in [-0.15, -0.1) is 0 Å². The van der Waals surface area contributed by atoms with Crippen LogP contribution >= 0.6 is 0 Å². The number of fused-ring (bicyclic) bond motifs is 5. The maximum atomic E-state index is 12.4. The number of hydrogen-bond acceptors (Lipinski definition) is 5. The van der Waals surface area contributed by atoms with E-state index in [0.717, 1.165) is 43.3 Å². The van der Waals surface area contributed by atoms with Crippen LogP contribution in [-0.4, -0.2) is 89.2 Å². The van der Waals surface area contributed by atoms with Gasteiger partial charge in [-0.25, -0.2) is 0 Å². The molecule has 0 bridgehead atoms. The maximum Gasteiger partial charge on any atom is 0.303 e. The first-order valence-electron chi connectivity index (χ1n) is 15.7. The second-order valence-corrected chi connectivity index (χ2v) is 15.0. The number of rotatable bonds is 3. The van der Waals surface area contributed by atoms with E-state index in [4.69, 9.17) is 4.74 Å². The maximum absolute atomic E-state index is 12.4. The lowest BCUT2D eigenvalue weighted by atomic mass is 9.44. The van der Waals surface area contributed by atoms with Crippen molar-refractivity contribution in [2.75, 3.05) is 33.2 Å². The molecule has 0 aromatic carbocycles. The molecule has 0 aromatic rings. The van der Waals surface area contributed by atoms with Crippen molar-refractivity contribution in [3.8, 4) is 0 Å². The van der Waals surface area contributed by atoms with E-state index >= 15 is 0 Å². The summed E-state index contributed by atoms with van der Waals surface area (Å²) in [6, 6.07) is 0.673. The Balaban J connectivity index is 0.00000294. The van der Waals surface area contributed by atoms with E-state index in [2.05, 4.69) is 25.8 Å². The van der Waals surface area contributed by atoms with Gasteiger partial charge < -0.3 is 36.4 Å². The van der Waals surface area contributed by atoms with Gasteiger partial charge in [-0.05, 0) is 80.5 Å². The van der Waals surface area contributed by atoms with Gasteiger partial charge >= 0.3 is 5.97 Å². The SMILES string of the molecule is CC(=O)O[C@H]1[C@@H]([N+]2(C)CCCC2)CC2C3CC[C@H]4C[C@H](O)[C@@H](N5CCC(O)CC5)C[C@]4(C)C3CC[C@@]21C.[Br-]. The van der Waals surface area contributed by atoms with E-state index < -0.39 is 0 Å². The van der Waals surface area contributed by atoms with Gasteiger partial charge in [-0.3, -0.25) is 9.69 Å². The number of ether oxygens (including phenoxy) is 1. The van der Waals surface area contributed by atoms with Crippen LogP contribution in [0.4, 0.5) is 0 Å². The van der Waals surface area contributed by atoms with E-state index in [1.807, 2.05) is 0 Å². The topological polar surface area (TPSA) is 70.0 Å². The fourth-order valence-electron chi connectivity index (χ4n) is 11.2. The van der Waals surface area contributed by atoms with Crippen LogP contribution in [0.25, 0.3) is 0 Å².